The van der Waals surface area contributed by atoms with Crippen LogP contribution in [-0.4, -0.2) is 22.3 Å². The number of hydrogen-bond acceptors (Lipinski definition) is 5. The van der Waals surface area contributed by atoms with Crippen molar-refractivity contribution < 1.29 is 9.47 Å². The minimum absolute atomic E-state index is 0.0856. The molecule has 0 amide bonds. The molecule has 0 saturated carbocycles. The van der Waals surface area contributed by atoms with Crippen molar-refractivity contribution in [2.45, 2.75) is 32.5 Å². The van der Waals surface area contributed by atoms with Gasteiger partial charge in [0.15, 0.2) is 11.5 Å². The molecule has 1 aromatic heterocycles. The Morgan fingerprint density at radius 1 is 1.07 bits per heavy atom. The van der Waals surface area contributed by atoms with Crippen LogP contribution in [0.3, 0.4) is 0 Å². The summed E-state index contributed by atoms with van der Waals surface area (Å²) in [7, 11) is 0. The Labute approximate surface area is 170 Å². The van der Waals surface area contributed by atoms with Crippen molar-refractivity contribution in [1.29, 1.82) is 0 Å². The molecule has 2 aliphatic rings. The van der Waals surface area contributed by atoms with Crippen LogP contribution in [0.2, 0.25) is 0 Å². The molecule has 2 aromatic carbocycles. The summed E-state index contributed by atoms with van der Waals surface area (Å²) >= 11 is 0. The van der Waals surface area contributed by atoms with Gasteiger partial charge in [-0.2, -0.15) is 5.10 Å². The Hall–Kier alpha value is -3.34. The second-order valence-electron chi connectivity index (χ2n) is 7.34. The SMILES string of the molecule is CCOc1cccc2c1O[C@H](c1ccccn1)N1N=C(c3ccc(C)cc3)C[C@H]21. The molecule has 0 fully saturated rings. The number of nitrogens with zero attached hydrogens (tertiary/aromatic N) is 3. The summed E-state index contributed by atoms with van der Waals surface area (Å²) < 4.78 is 12.3. The average molecular weight is 385 g/mol. The number of hydrazone groups is 1. The van der Waals surface area contributed by atoms with E-state index >= 15 is 0 Å². The molecular formula is C24H23N3O2. The first-order valence-electron chi connectivity index (χ1n) is 10.0. The highest BCUT2D eigenvalue weighted by atomic mass is 16.5. The first-order chi connectivity index (χ1) is 14.2. The van der Waals surface area contributed by atoms with E-state index in [4.69, 9.17) is 14.6 Å². The van der Waals surface area contributed by atoms with Crippen LogP contribution >= 0.6 is 0 Å². The molecule has 146 valence electrons. The molecule has 29 heavy (non-hydrogen) atoms. The number of aromatic nitrogens is 1. The molecule has 3 aromatic rings. The molecule has 0 N–H and O–H groups in total. The smallest absolute Gasteiger partial charge is 0.230 e. The zero-order chi connectivity index (χ0) is 19.8. The summed E-state index contributed by atoms with van der Waals surface area (Å²) in [6, 6.07) is 20.6. The van der Waals surface area contributed by atoms with Crippen molar-refractivity contribution in [2.75, 3.05) is 6.61 Å². The normalized spacial score (nSPS) is 19.8. The molecule has 0 saturated heterocycles. The monoisotopic (exact) mass is 385 g/mol. The fourth-order valence-electron chi connectivity index (χ4n) is 3.99. The number of aryl methyl sites for hydroxylation is 1. The van der Waals surface area contributed by atoms with Crippen LogP contribution in [0.1, 0.15) is 48.0 Å². The highest BCUT2D eigenvalue weighted by Gasteiger charge is 2.42. The number of para-hydroxylation sites is 1. The summed E-state index contributed by atoms with van der Waals surface area (Å²) in [5.74, 6) is 1.57. The van der Waals surface area contributed by atoms with E-state index < -0.39 is 6.23 Å². The van der Waals surface area contributed by atoms with E-state index in [1.165, 1.54) is 5.56 Å². The molecule has 0 unspecified atom stereocenters. The summed E-state index contributed by atoms with van der Waals surface area (Å²) in [5.41, 5.74) is 5.39. The lowest BCUT2D eigenvalue weighted by atomic mass is 9.95. The van der Waals surface area contributed by atoms with Gasteiger partial charge >= 0.3 is 0 Å². The van der Waals surface area contributed by atoms with Gasteiger partial charge in [-0.05, 0) is 37.6 Å². The number of fused-ring (bicyclic) bond motifs is 3. The molecule has 0 bridgehead atoms. The number of benzene rings is 2. The van der Waals surface area contributed by atoms with E-state index in [1.807, 2.05) is 37.3 Å². The predicted molar refractivity (Wildman–Crippen MR) is 112 cm³/mol. The number of pyridine rings is 1. The molecule has 0 aliphatic carbocycles. The van der Waals surface area contributed by atoms with Crippen LogP contribution < -0.4 is 9.47 Å². The average Bonchev–Trinajstić information content (AvgIpc) is 3.20. The molecule has 2 aliphatic heterocycles. The van der Waals surface area contributed by atoms with Crippen molar-refractivity contribution >= 4 is 5.71 Å². The van der Waals surface area contributed by atoms with E-state index in [9.17, 15) is 0 Å². The van der Waals surface area contributed by atoms with Gasteiger partial charge < -0.3 is 9.47 Å². The highest BCUT2D eigenvalue weighted by molar-refractivity contribution is 6.02. The van der Waals surface area contributed by atoms with Crippen LogP contribution in [0, 0.1) is 6.92 Å². The fourth-order valence-corrected chi connectivity index (χ4v) is 3.99. The summed E-state index contributed by atoms with van der Waals surface area (Å²) in [6.07, 6.45) is 2.22. The van der Waals surface area contributed by atoms with Gasteiger partial charge in [0.05, 0.1) is 18.4 Å². The Bertz CT molecular complexity index is 1050. The third-order valence-corrected chi connectivity index (χ3v) is 5.41. The Morgan fingerprint density at radius 3 is 2.69 bits per heavy atom. The van der Waals surface area contributed by atoms with Crippen molar-refractivity contribution in [3.63, 3.8) is 0 Å². The largest absolute Gasteiger partial charge is 0.490 e. The number of rotatable bonds is 4. The standard InChI is InChI=1S/C24H23N3O2/c1-3-28-22-9-6-7-18-21-15-20(17-12-10-16(2)11-13-17)26-27(21)24(29-23(18)22)19-8-4-5-14-25-19/h4-14,21,24H,3,15H2,1-2H3/t21-,24-/m1/s1. The predicted octanol–water partition coefficient (Wildman–Crippen LogP) is 5.03. The summed E-state index contributed by atoms with van der Waals surface area (Å²) in [5, 5.41) is 7.04. The quantitative estimate of drug-likeness (QED) is 0.632. The first-order valence-corrected chi connectivity index (χ1v) is 10.0. The van der Waals surface area contributed by atoms with E-state index in [0.29, 0.717) is 6.61 Å². The number of hydrogen-bond donors (Lipinski definition) is 0. The maximum Gasteiger partial charge on any atom is 0.230 e. The fraction of sp³-hybridized carbons (Fsp3) is 0.250. The Kier molecular flexibility index (Phi) is 4.43. The van der Waals surface area contributed by atoms with Crippen LogP contribution in [0.5, 0.6) is 11.5 Å². The van der Waals surface area contributed by atoms with E-state index in [2.05, 4.69) is 47.2 Å². The summed E-state index contributed by atoms with van der Waals surface area (Å²) in [4.78, 5) is 4.54. The van der Waals surface area contributed by atoms with Crippen LogP contribution in [0.15, 0.2) is 72.0 Å². The van der Waals surface area contributed by atoms with Gasteiger partial charge in [-0.15, -0.1) is 0 Å². The molecule has 5 rings (SSSR count). The van der Waals surface area contributed by atoms with Gasteiger partial charge in [0.2, 0.25) is 6.23 Å². The van der Waals surface area contributed by atoms with Crippen molar-refractivity contribution in [3.05, 3.63) is 89.2 Å². The van der Waals surface area contributed by atoms with Crippen LogP contribution in [0.25, 0.3) is 0 Å². The highest BCUT2D eigenvalue weighted by Crippen LogP contribution is 2.50. The lowest BCUT2D eigenvalue weighted by molar-refractivity contribution is -0.0240. The Morgan fingerprint density at radius 2 is 1.93 bits per heavy atom. The molecule has 5 heteroatoms. The molecule has 5 nitrogen and oxygen atoms in total. The van der Waals surface area contributed by atoms with E-state index in [0.717, 1.165) is 40.5 Å². The maximum atomic E-state index is 6.45. The zero-order valence-corrected chi connectivity index (χ0v) is 16.6. The Balaban J connectivity index is 1.60. The molecule has 0 radical (unpaired) electrons. The van der Waals surface area contributed by atoms with Crippen LogP contribution in [0.4, 0.5) is 0 Å². The van der Waals surface area contributed by atoms with Gasteiger partial charge in [0.1, 0.15) is 5.69 Å². The van der Waals surface area contributed by atoms with Gasteiger partial charge in [-0.3, -0.25) is 4.98 Å². The first kappa shape index (κ1) is 17.7. The molecule has 0 spiro atoms. The van der Waals surface area contributed by atoms with Crippen molar-refractivity contribution in [3.8, 4) is 11.5 Å². The second kappa shape index (κ2) is 7.24. The van der Waals surface area contributed by atoms with Gasteiger partial charge in [0.25, 0.3) is 0 Å². The van der Waals surface area contributed by atoms with Crippen molar-refractivity contribution in [1.82, 2.24) is 9.99 Å². The molecule has 3 heterocycles. The third-order valence-electron chi connectivity index (χ3n) is 5.41. The number of ether oxygens (including phenoxy) is 2. The third kappa shape index (κ3) is 3.12. The zero-order valence-electron chi connectivity index (χ0n) is 16.6. The minimum atomic E-state index is -0.391. The van der Waals surface area contributed by atoms with Gasteiger partial charge in [0, 0.05) is 18.2 Å². The van der Waals surface area contributed by atoms with Gasteiger partial charge in [-0.1, -0.05) is 48.0 Å². The van der Waals surface area contributed by atoms with Crippen LogP contribution in [-0.2, 0) is 0 Å². The summed E-state index contributed by atoms with van der Waals surface area (Å²) in [6.45, 7) is 4.67. The maximum absolute atomic E-state index is 6.45. The second-order valence-corrected chi connectivity index (χ2v) is 7.34. The topological polar surface area (TPSA) is 47.0 Å². The molecule has 2 atom stereocenters. The van der Waals surface area contributed by atoms with Gasteiger partial charge in [-0.25, -0.2) is 5.01 Å². The molecular weight excluding hydrogens is 362 g/mol. The van der Waals surface area contributed by atoms with E-state index in [1.54, 1.807) is 6.20 Å². The lowest BCUT2D eigenvalue weighted by Crippen LogP contribution is -2.34. The van der Waals surface area contributed by atoms with Crippen molar-refractivity contribution in [2.24, 2.45) is 5.10 Å². The van der Waals surface area contributed by atoms with E-state index in [-0.39, 0.29) is 6.04 Å². The lowest BCUT2D eigenvalue weighted by Gasteiger charge is -2.38. The minimum Gasteiger partial charge on any atom is -0.490 e.